The van der Waals surface area contributed by atoms with Gasteiger partial charge in [0, 0.05) is 18.8 Å². The summed E-state index contributed by atoms with van der Waals surface area (Å²) in [5.41, 5.74) is 8.85. The van der Waals surface area contributed by atoms with Crippen LogP contribution in [-0.4, -0.2) is 13.2 Å². The fourth-order valence-electron chi connectivity index (χ4n) is 2.10. The van der Waals surface area contributed by atoms with Gasteiger partial charge in [0.05, 0.1) is 0 Å². The zero-order chi connectivity index (χ0) is 10.7. The molecule has 0 aromatic heterocycles. The molecule has 0 unspecified atom stereocenters. The largest absolute Gasteiger partial charge is 0.381 e. The topological polar surface area (TPSA) is 35.2 Å². The smallest absolute Gasteiger partial charge is 0.0486 e. The molecule has 0 aliphatic carbocycles. The molecule has 1 aliphatic heterocycles. The van der Waals surface area contributed by atoms with E-state index in [9.17, 15) is 0 Å². The Morgan fingerprint density at radius 1 is 1.20 bits per heavy atom. The van der Waals surface area contributed by atoms with Crippen molar-refractivity contribution in [2.45, 2.75) is 31.7 Å². The van der Waals surface area contributed by atoms with E-state index in [4.69, 9.17) is 10.5 Å². The van der Waals surface area contributed by atoms with Crippen molar-refractivity contribution in [3.8, 4) is 0 Å². The van der Waals surface area contributed by atoms with Gasteiger partial charge in [0.15, 0.2) is 0 Å². The predicted octanol–water partition coefficient (Wildman–Crippen LogP) is 2.21. The van der Waals surface area contributed by atoms with Crippen LogP contribution in [0.25, 0.3) is 0 Å². The highest BCUT2D eigenvalue weighted by Crippen LogP contribution is 2.29. The average molecular weight is 205 g/mol. The third-order valence-electron chi connectivity index (χ3n) is 3.32. The Balaban J connectivity index is 2.20. The van der Waals surface area contributed by atoms with Crippen molar-refractivity contribution in [3.05, 3.63) is 35.4 Å². The SMILES string of the molecule is CCc1ccc(C2(N)CCOCC2)cc1. The van der Waals surface area contributed by atoms with E-state index in [1.54, 1.807) is 0 Å². The summed E-state index contributed by atoms with van der Waals surface area (Å²) in [6, 6.07) is 8.70. The summed E-state index contributed by atoms with van der Waals surface area (Å²) >= 11 is 0. The van der Waals surface area contributed by atoms with E-state index in [2.05, 4.69) is 31.2 Å². The first-order valence-electron chi connectivity index (χ1n) is 5.71. The second-order valence-electron chi connectivity index (χ2n) is 4.32. The maximum absolute atomic E-state index is 6.39. The maximum atomic E-state index is 6.39. The molecular formula is C13H19NO. The van der Waals surface area contributed by atoms with Gasteiger partial charge in [-0.1, -0.05) is 31.2 Å². The Bertz CT molecular complexity index is 312. The molecule has 0 bridgehead atoms. The predicted molar refractivity (Wildman–Crippen MR) is 61.7 cm³/mol. The van der Waals surface area contributed by atoms with Gasteiger partial charge in [0.25, 0.3) is 0 Å². The molecular weight excluding hydrogens is 186 g/mol. The zero-order valence-corrected chi connectivity index (χ0v) is 9.33. The standard InChI is InChI=1S/C13H19NO/c1-2-11-3-5-12(6-4-11)13(14)7-9-15-10-8-13/h3-6H,2,7-10,14H2,1H3. The third-order valence-corrected chi connectivity index (χ3v) is 3.32. The first kappa shape index (κ1) is 10.7. The summed E-state index contributed by atoms with van der Waals surface area (Å²) in [4.78, 5) is 0. The van der Waals surface area contributed by atoms with Crippen molar-refractivity contribution in [2.24, 2.45) is 5.73 Å². The van der Waals surface area contributed by atoms with Crippen molar-refractivity contribution >= 4 is 0 Å². The van der Waals surface area contributed by atoms with E-state index in [1.807, 2.05) is 0 Å². The third kappa shape index (κ3) is 2.21. The number of nitrogens with two attached hydrogens (primary N) is 1. The summed E-state index contributed by atoms with van der Waals surface area (Å²) in [5, 5.41) is 0. The molecule has 82 valence electrons. The minimum atomic E-state index is -0.162. The van der Waals surface area contributed by atoms with Crippen LogP contribution in [0.5, 0.6) is 0 Å². The van der Waals surface area contributed by atoms with E-state index in [0.29, 0.717) is 0 Å². The minimum absolute atomic E-state index is 0.162. The molecule has 2 N–H and O–H groups in total. The number of benzene rings is 1. The normalized spacial score (nSPS) is 20.1. The number of rotatable bonds is 2. The lowest BCUT2D eigenvalue weighted by atomic mass is 9.83. The quantitative estimate of drug-likeness (QED) is 0.803. The van der Waals surface area contributed by atoms with E-state index in [0.717, 1.165) is 32.5 Å². The number of aryl methyl sites for hydroxylation is 1. The Kier molecular flexibility index (Phi) is 3.08. The van der Waals surface area contributed by atoms with Crippen LogP contribution in [-0.2, 0) is 16.7 Å². The van der Waals surface area contributed by atoms with Crippen molar-refractivity contribution < 1.29 is 4.74 Å². The van der Waals surface area contributed by atoms with Gasteiger partial charge in [0.1, 0.15) is 0 Å². The highest BCUT2D eigenvalue weighted by atomic mass is 16.5. The summed E-state index contributed by atoms with van der Waals surface area (Å²) in [7, 11) is 0. The van der Waals surface area contributed by atoms with Crippen LogP contribution in [0.1, 0.15) is 30.9 Å². The molecule has 1 fully saturated rings. The fourth-order valence-corrected chi connectivity index (χ4v) is 2.10. The van der Waals surface area contributed by atoms with Crippen LogP contribution in [0.4, 0.5) is 0 Å². The van der Waals surface area contributed by atoms with Gasteiger partial charge in [-0.2, -0.15) is 0 Å². The summed E-state index contributed by atoms with van der Waals surface area (Å²) in [6.45, 7) is 3.74. The van der Waals surface area contributed by atoms with Gasteiger partial charge in [-0.05, 0) is 30.4 Å². The summed E-state index contributed by atoms with van der Waals surface area (Å²) in [6.07, 6.45) is 2.94. The fraction of sp³-hybridized carbons (Fsp3) is 0.538. The first-order valence-corrected chi connectivity index (χ1v) is 5.71. The lowest BCUT2D eigenvalue weighted by Crippen LogP contribution is -2.42. The molecule has 0 amide bonds. The Labute approximate surface area is 91.4 Å². The first-order chi connectivity index (χ1) is 7.24. The van der Waals surface area contributed by atoms with Crippen molar-refractivity contribution in [1.29, 1.82) is 0 Å². The number of ether oxygens (including phenoxy) is 1. The van der Waals surface area contributed by atoms with Gasteiger partial charge in [-0.15, -0.1) is 0 Å². The number of hydrogen-bond acceptors (Lipinski definition) is 2. The molecule has 0 radical (unpaired) electrons. The molecule has 1 aliphatic rings. The maximum Gasteiger partial charge on any atom is 0.0486 e. The zero-order valence-electron chi connectivity index (χ0n) is 9.33. The van der Waals surface area contributed by atoms with Crippen LogP contribution < -0.4 is 5.73 Å². The van der Waals surface area contributed by atoms with Crippen molar-refractivity contribution in [1.82, 2.24) is 0 Å². The molecule has 0 spiro atoms. The minimum Gasteiger partial charge on any atom is -0.381 e. The second-order valence-corrected chi connectivity index (χ2v) is 4.32. The van der Waals surface area contributed by atoms with Crippen LogP contribution in [0, 0.1) is 0 Å². The van der Waals surface area contributed by atoms with Crippen molar-refractivity contribution in [3.63, 3.8) is 0 Å². The van der Waals surface area contributed by atoms with Gasteiger partial charge >= 0.3 is 0 Å². The molecule has 2 nitrogen and oxygen atoms in total. The average Bonchev–Trinajstić information content (AvgIpc) is 2.30. The molecule has 1 heterocycles. The molecule has 1 aromatic carbocycles. The van der Waals surface area contributed by atoms with E-state index in [-0.39, 0.29) is 5.54 Å². The molecule has 0 atom stereocenters. The van der Waals surface area contributed by atoms with Crippen molar-refractivity contribution in [2.75, 3.05) is 13.2 Å². The summed E-state index contributed by atoms with van der Waals surface area (Å²) in [5.74, 6) is 0. The van der Waals surface area contributed by atoms with Crippen LogP contribution in [0.2, 0.25) is 0 Å². The second kappa shape index (κ2) is 4.33. The molecule has 1 saturated heterocycles. The summed E-state index contributed by atoms with van der Waals surface area (Å²) < 4.78 is 5.35. The lowest BCUT2D eigenvalue weighted by molar-refractivity contribution is 0.0522. The van der Waals surface area contributed by atoms with Gasteiger partial charge < -0.3 is 10.5 Å². The Morgan fingerprint density at radius 3 is 2.33 bits per heavy atom. The van der Waals surface area contributed by atoms with Gasteiger partial charge in [-0.3, -0.25) is 0 Å². The molecule has 2 rings (SSSR count). The molecule has 2 heteroatoms. The number of hydrogen-bond donors (Lipinski definition) is 1. The van der Waals surface area contributed by atoms with E-state index < -0.39 is 0 Å². The lowest BCUT2D eigenvalue weighted by Gasteiger charge is -2.33. The van der Waals surface area contributed by atoms with Crippen LogP contribution >= 0.6 is 0 Å². The van der Waals surface area contributed by atoms with Gasteiger partial charge in [0.2, 0.25) is 0 Å². The van der Waals surface area contributed by atoms with Crippen LogP contribution in [0.15, 0.2) is 24.3 Å². The Morgan fingerprint density at radius 2 is 1.80 bits per heavy atom. The monoisotopic (exact) mass is 205 g/mol. The van der Waals surface area contributed by atoms with Gasteiger partial charge in [-0.25, -0.2) is 0 Å². The Hall–Kier alpha value is -0.860. The highest BCUT2D eigenvalue weighted by molar-refractivity contribution is 5.28. The van der Waals surface area contributed by atoms with Crippen LogP contribution in [0.3, 0.4) is 0 Å². The molecule has 1 aromatic rings. The molecule has 15 heavy (non-hydrogen) atoms. The molecule has 0 saturated carbocycles. The van der Waals surface area contributed by atoms with E-state index >= 15 is 0 Å². The highest BCUT2D eigenvalue weighted by Gasteiger charge is 2.29. The van der Waals surface area contributed by atoms with E-state index in [1.165, 1.54) is 11.1 Å².